The molecule has 2 aromatic heterocycles. The van der Waals surface area contributed by atoms with Crippen molar-refractivity contribution in [3.63, 3.8) is 0 Å². The Hall–Kier alpha value is -1.89. The summed E-state index contributed by atoms with van der Waals surface area (Å²) >= 11 is 0. The molecule has 0 N–H and O–H groups in total. The van der Waals surface area contributed by atoms with Gasteiger partial charge in [0, 0.05) is 30.8 Å². The van der Waals surface area contributed by atoms with Gasteiger partial charge in [-0.05, 0) is 65.3 Å². The fourth-order valence-corrected chi connectivity index (χ4v) is 3.57. The molecule has 3 rings (SSSR count). The van der Waals surface area contributed by atoms with Crippen molar-refractivity contribution in [1.82, 2.24) is 24.6 Å². The van der Waals surface area contributed by atoms with Crippen molar-refractivity contribution in [3.8, 4) is 5.95 Å². The molecular formula is C19H27F2N5. The van der Waals surface area contributed by atoms with Crippen molar-refractivity contribution >= 4 is 0 Å². The molecular weight excluding hydrogens is 336 g/mol. The van der Waals surface area contributed by atoms with Crippen LogP contribution in [0.5, 0.6) is 0 Å². The number of alkyl halides is 2. The first kappa shape index (κ1) is 18.9. The molecule has 7 heteroatoms. The minimum absolute atomic E-state index is 0.0162. The van der Waals surface area contributed by atoms with E-state index in [-0.39, 0.29) is 18.8 Å². The van der Waals surface area contributed by atoms with E-state index in [2.05, 4.69) is 15.0 Å². The van der Waals surface area contributed by atoms with Gasteiger partial charge in [-0.15, -0.1) is 0 Å². The molecule has 0 radical (unpaired) electrons. The molecule has 1 aliphatic carbocycles. The average Bonchev–Trinajstić information content (AvgIpc) is 2.87. The average molecular weight is 363 g/mol. The van der Waals surface area contributed by atoms with E-state index in [1.165, 1.54) is 0 Å². The second kappa shape index (κ2) is 7.39. The van der Waals surface area contributed by atoms with Gasteiger partial charge in [0.05, 0.1) is 11.4 Å². The SMILES string of the molecule is Cc1cc(C)n(-c2nc(CC3CCC(F)(F)CC3)cc(CN(C)C)n2)n1. The first-order valence-electron chi connectivity index (χ1n) is 9.15. The Morgan fingerprint density at radius 2 is 1.77 bits per heavy atom. The predicted molar refractivity (Wildman–Crippen MR) is 96.6 cm³/mol. The zero-order valence-electron chi connectivity index (χ0n) is 16.0. The fourth-order valence-electron chi connectivity index (χ4n) is 3.57. The van der Waals surface area contributed by atoms with Crippen molar-refractivity contribution in [1.29, 1.82) is 0 Å². The van der Waals surface area contributed by atoms with E-state index in [4.69, 9.17) is 4.98 Å². The van der Waals surface area contributed by atoms with Gasteiger partial charge in [-0.3, -0.25) is 0 Å². The molecule has 2 heterocycles. The largest absolute Gasteiger partial charge is 0.304 e. The Balaban J connectivity index is 1.87. The number of hydrogen-bond acceptors (Lipinski definition) is 4. The molecule has 26 heavy (non-hydrogen) atoms. The highest BCUT2D eigenvalue weighted by molar-refractivity contribution is 5.23. The molecule has 0 amide bonds. The van der Waals surface area contributed by atoms with E-state index in [1.807, 2.05) is 40.1 Å². The molecule has 0 aliphatic heterocycles. The number of halogens is 2. The highest BCUT2D eigenvalue weighted by Gasteiger charge is 2.35. The maximum Gasteiger partial charge on any atom is 0.251 e. The summed E-state index contributed by atoms with van der Waals surface area (Å²) in [5.41, 5.74) is 3.73. The lowest BCUT2D eigenvalue weighted by Gasteiger charge is -2.28. The van der Waals surface area contributed by atoms with Gasteiger partial charge in [0.25, 0.3) is 5.95 Å². The van der Waals surface area contributed by atoms with Crippen LogP contribution in [-0.2, 0) is 13.0 Å². The van der Waals surface area contributed by atoms with E-state index >= 15 is 0 Å². The normalized spacial score (nSPS) is 17.8. The van der Waals surface area contributed by atoms with Crippen molar-refractivity contribution in [2.24, 2.45) is 5.92 Å². The van der Waals surface area contributed by atoms with Crippen LogP contribution in [-0.4, -0.2) is 44.7 Å². The summed E-state index contributed by atoms with van der Waals surface area (Å²) in [6.45, 7) is 4.62. The number of hydrogen-bond donors (Lipinski definition) is 0. The highest BCUT2D eigenvalue weighted by Crippen LogP contribution is 2.37. The van der Waals surface area contributed by atoms with E-state index in [9.17, 15) is 8.78 Å². The Labute approximate surface area is 153 Å². The summed E-state index contributed by atoms with van der Waals surface area (Å²) in [4.78, 5) is 11.4. The molecule has 1 saturated carbocycles. The summed E-state index contributed by atoms with van der Waals surface area (Å²) in [5, 5.41) is 4.49. The van der Waals surface area contributed by atoms with Crippen LogP contribution in [0.3, 0.4) is 0 Å². The molecule has 142 valence electrons. The van der Waals surface area contributed by atoms with E-state index < -0.39 is 5.92 Å². The Kier molecular flexibility index (Phi) is 5.37. The number of aromatic nitrogens is 4. The summed E-state index contributed by atoms with van der Waals surface area (Å²) in [5.74, 6) is -1.68. The predicted octanol–water partition coefficient (Wildman–Crippen LogP) is 3.71. The third kappa shape index (κ3) is 4.63. The molecule has 5 nitrogen and oxygen atoms in total. The van der Waals surface area contributed by atoms with Crippen LogP contribution in [0.4, 0.5) is 8.78 Å². The first-order valence-corrected chi connectivity index (χ1v) is 9.15. The summed E-state index contributed by atoms with van der Waals surface area (Å²) in [6, 6.07) is 3.99. The van der Waals surface area contributed by atoms with Gasteiger partial charge in [-0.25, -0.2) is 23.4 Å². The smallest absolute Gasteiger partial charge is 0.251 e. The topological polar surface area (TPSA) is 46.8 Å². The van der Waals surface area contributed by atoms with Crippen molar-refractivity contribution in [2.45, 2.75) is 58.4 Å². The molecule has 0 atom stereocenters. The summed E-state index contributed by atoms with van der Waals surface area (Å²) in [7, 11) is 3.99. The van der Waals surface area contributed by atoms with E-state index in [0.717, 1.165) is 22.8 Å². The Bertz CT molecular complexity index is 759. The Morgan fingerprint density at radius 1 is 1.12 bits per heavy atom. The van der Waals surface area contributed by atoms with Gasteiger partial charge in [0.2, 0.25) is 5.92 Å². The third-order valence-electron chi connectivity index (χ3n) is 4.83. The monoisotopic (exact) mass is 363 g/mol. The second-order valence-electron chi connectivity index (χ2n) is 7.73. The molecule has 0 bridgehead atoms. The number of aryl methyl sites for hydroxylation is 2. The van der Waals surface area contributed by atoms with Crippen LogP contribution in [0.1, 0.15) is 48.5 Å². The Morgan fingerprint density at radius 3 is 2.35 bits per heavy atom. The van der Waals surface area contributed by atoms with E-state index in [1.54, 1.807) is 4.68 Å². The quantitative estimate of drug-likeness (QED) is 0.812. The van der Waals surface area contributed by atoms with Crippen molar-refractivity contribution in [2.75, 3.05) is 14.1 Å². The van der Waals surface area contributed by atoms with Crippen LogP contribution in [0.2, 0.25) is 0 Å². The van der Waals surface area contributed by atoms with Gasteiger partial charge in [-0.1, -0.05) is 0 Å². The standard InChI is InChI=1S/C19H27F2N5/c1-13-9-14(2)26(24-13)18-22-16(11-17(23-18)12-25(3)4)10-15-5-7-19(20,21)8-6-15/h9,11,15H,5-8,10,12H2,1-4H3. The highest BCUT2D eigenvalue weighted by atomic mass is 19.3. The molecule has 0 unspecified atom stereocenters. The zero-order chi connectivity index (χ0) is 18.9. The van der Waals surface area contributed by atoms with Crippen LogP contribution >= 0.6 is 0 Å². The number of rotatable bonds is 5. The first-order chi connectivity index (χ1) is 12.2. The van der Waals surface area contributed by atoms with Gasteiger partial charge in [0.1, 0.15) is 0 Å². The van der Waals surface area contributed by atoms with Crippen LogP contribution < -0.4 is 0 Å². The van der Waals surface area contributed by atoms with E-state index in [0.29, 0.717) is 31.8 Å². The van der Waals surface area contributed by atoms with Gasteiger partial charge < -0.3 is 4.90 Å². The van der Waals surface area contributed by atoms with Crippen LogP contribution in [0.25, 0.3) is 5.95 Å². The van der Waals surface area contributed by atoms with Gasteiger partial charge >= 0.3 is 0 Å². The minimum Gasteiger partial charge on any atom is -0.304 e. The molecule has 0 spiro atoms. The summed E-state index contributed by atoms with van der Waals surface area (Å²) in [6.07, 6.45) is 1.78. The summed E-state index contributed by atoms with van der Waals surface area (Å²) < 4.78 is 28.6. The maximum atomic E-state index is 13.4. The molecule has 2 aromatic rings. The van der Waals surface area contributed by atoms with Gasteiger partial charge in [0.15, 0.2) is 0 Å². The second-order valence-corrected chi connectivity index (χ2v) is 7.73. The van der Waals surface area contributed by atoms with Crippen LogP contribution in [0.15, 0.2) is 12.1 Å². The third-order valence-corrected chi connectivity index (χ3v) is 4.83. The lowest BCUT2D eigenvalue weighted by atomic mass is 9.84. The minimum atomic E-state index is -2.49. The lowest BCUT2D eigenvalue weighted by molar-refractivity contribution is -0.0457. The molecule has 1 aliphatic rings. The lowest BCUT2D eigenvalue weighted by Crippen LogP contribution is -2.26. The maximum absolute atomic E-state index is 13.4. The van der Waals surface area contributed by atoms with Crippen LogP contribution in [0, 0.1) is 19.8 Å². The fraction of sp³-hybridized carbons (Fsp3) is 0.632. The number of nitrogens with zero attached hydrogens (tertiary/aromatic N) is 5. The zero-order valence-corrected chi connectivity index (χ0v) is 16.0. The van der Waals surface area contributed by atoms with Gasteiger partial charge in [-0.2, -0.15) is 5.10 Å². The van der Waals surface area contributed by atoms with Crippen molar-refractivity contribution < 1.29 is 8.78 Å². The molecule has 0 saturated heterocycles. The van der Waals surface area contributed by atoms with Crippen molar-refractivity contribution in [3.05, 3.63) is 34.9 Å². The molecule has 0 aromatic carbocycles. The molecule has 1 fully saturated rings.